The van der Waals surface area contributed by atoms with E-state index in [9.17, 15) is 43.2 Å². The molecule has 0 fully saturated rings. The number of ether oxygens (including phenoxy) is 4. The molecule has 0 bridgehead atoms. The van der Waals surface area contributed by atoms with Crippen LogP contribution in [-0.2, 0) is 65.4 Å². The highest BCUT2D eigenvalue weighted by molar-refractivity contribution is 7.47. The molecule has 0 radical (unpaired) electrons. The van der Waals surface area contributed by atoms with Crippen molar-refractivity contribution in [3.63, 3.8) is 0 Å². The van der Waals surface area contributed by atoms with Gasteiger partial charge in [-0.05, 0) is 37.5 Å². The summed E-state index contributed by atoms with van der Waals surface area (Å²) in [5, 5.41) is 10.6. The monoisotopic (exact) mass is 1350 g/mol. The standard InChI is InChI=1S/C73H142O17P2/c1-7-9-11-13-15-17-24-31-37-43-49-55-70(75)83-61-68(89-72(77)57-51-45-39-32-25-18-16-14-12-10-8-2)63-87-91(79,80)85-59-67(74)60-86-92(81,82)88-64-69(62-84-71(76)56-50-44-38-34-28-30-36-42-48-54-66(5)6)90-73(78)58-52-46-40-33-27-23-21-19-20-22-26-29-35-41-47-53-65(3)4/h65-69,74H,7-64H2,1-6H3,(H,79,80)(H,81,82)/t67-,68+,69+/m0/s1. The van der Waals surface area contributed by atoms with E-state index < -0.39 is 97.5 Å². The van der Waals surface area contributed by atoms with Gasteiger partial charge in [0.05, 0.1) is 26.4 Å². The number of esters is 4. The highest BCUT2D eigenvalue weighted by Crippen LogP contribution is 2.45. The summed E-state index contributed by atoms with van der Waals surface area (Å²) in [6.07, 6.45) is 51.2. The van der Waals surface area contributed by atoms with Gasteiger partial charge in [-0.3, -0.25) is 37.3 Å². The Hall–Kier alpha value is -1.94. The van der Waals surface area contributed by atoms with Gasteiger partial charge in [0.2, 0.25) is 0 Å². The number of rotatable bonds is 72. The molecule has 17 nitrogen and oxygen atoms in total. The van der Waals surface area contributed by atoms with Gasteiger partial charge in [0.25, 0.3) is 0 Å². The van der Waals surface area contributed by atoms with E-state index in [1.165, 1.54) is 193 Å². The van der Waals surface area contributed by atoms with Crippen LogP contribution in [0.5, 0.6) is 0 Å². The number of carbonyl (C=O) groups is 4. The number of phosphoric acid groups is 2. The van der Waals surface area contributed by atoms with Crippen LogP contribution in [0.4, 0.5) is 0 Å². The number of aliphatic hydroxyl groups excluding tert-OH is 1. The Morgan fingerprint density at radius 1 is 0.293 bits per heavy atom. The van der Waals surface area contributed by atoms with Crippen LogP contribution in [-0.4, -0.2) is 96.7 Å². The molecule has 5 atom stereocenters. The molecule has 0 amide bonds. The third-order valence-corrected chi connectivity index (χ3v) is 18.9. The van der Waals surface area contributed by atoms with Crippen LogP contribution in [0.3, 0.4) is 0 Å². The van der Waals surface area contributed by atoms with E-state index in [2.05, 4.69) is 41.5 Å². The lowest BCUT2D eigenvalue weighted by Crippen LogP contribution is -2.30. The molecule has 0 aliphatic rings. The topological polar surface area (TPSA) is 237 Å². The number of carbonyl (C=O) groups excluding carboxylic acids is 4. The predicted octanol–water partition coefficient (Wildman–Crippen LogP) is 21.2. The van der Waals surface area contributed by atoms with Crippen LogP contribution in [0.15, 0.2) is 0 Å². The normalized spacial score (nSPS) is 14.1. The summed E-state index contributed by atoms with van der Waals surface area (Å²) < 4.78 is 68.4. The van der Waals surface area contributed by atoms with Crippen molar-refractivity contribution in [1.29, 1.82) is 0 Å². The van der Waals surface area contributed by atoms with Gasteiger partial charge in [0.15, 0.2) is 12.2 Å². The Labute approximate surface area is 562 Å². The predicted molar refractivity (Wildman–Crippen MR) is 372 cm³/mol. The third-order valence-electron chi connectivity index (χ3n) is 17.0. The summed E-state index contributed by atoms with van der Waals surface area (Å²) >= 11 is 0. The zero-order chi connectivity index (χ0) is 67.9. The zero-order valence-electron chi connectivity index (χ0n) is 59.9. The maximum absolute atomic E-state index is 13.1. The van der Waals surface area contributed by atoms with Gasteiger partial charge in [0.1, 0.15) is 19.3 Å². The minimum atomic E-state index is -4.95. The Bertz CT molecular complexity index is 1790. The Kier molecular flexibility index (Phi) is 63.7. The average molecular weight is 1350 g/mol. The second kappa shape index (κ2) is 65.0. The molecule has 0 saturated carbocycles. The van der Waals surface area contributed by atoms with Gasteiger partial charge < -0.3 is 33.8 Å². The molecule has 0 heterocycles. The lowest BCUT2D eigenvalue weighted by molar-refractivity contribution is -0.161. The SMILES string of the molecule is CCCCCCCCCCCCCC(=O)OC[C@H](COP(=O)(O)OC[C@H](O)COP(=O)(O)OC[C@@H](COC(=O)CCCCCCCCCCCC(C)C)OC(=O)CCCCCCCCCCCCCCCCCC(C)C)OC(=O)CCCCCCCCCCCCC. The lowest BCUT2D eigenvalue weighted by atomic mass is 10.0. The molecule has 0 saturated heterocycles. The summed E-state index contributed by atoms with van der Waals surface area (Å²) in [7, 11) is -9.90. The molecule has 0 aromatic heterocycles. The quantitative estimate of drug-likeness (QED) is 0.0222. The van der Waals surface area contributed by atoms with E-state index in [4.69, 9.17) is 37.0 Å². The number of aliphatic hydroxyl groups is 1. The third kappa shape index (κ3) is 66.7. The average Bonchev–Trinajstić information content (AvgIpc) is 2.02. The van der Waals surface area contributed by atoms with Crippen molar-refractivity contribution in [1.82, 2.24) is 0 Å². The highest BCUT2D eigenvalue weighted by atomic mass is 31.2. The highest BCUT2D eigenvalue weighted by Gasteiger charge is 2.30. The number of unbranched alkanes of at least 4 members (excludes halogenated alkanes) is 42. The van der Waals surface area contributed by atoms with Gasteiger partial charge >= 0.3 is 39.5 Å². The number of phosphoric ester groups is 2. The second-order valence-electron chi connectivity index (χ2n) is 27.3. The molecule has 19 heteroatoms. The van der Waals surface area contributed by atoms with Crippen LogP contribution >= 0.6 is 15.6 Å². The maximum Gasteiger partial charge on any atom is 0.472 e. The maximum atomic E-state index is 13.1. The van der Waals surface area contributed by atoms with E-state index in [1.54, 1.807) is 0 Å². The molecular weight excluding hydrogens is 1210 g/mol. The fraction of sp³-hybridized carbons (Fsp3) is 0.945. The molecule has 3 N–H and O–H groups in total. The minimum Gasteiger partial charge on any atom is -0.462 e. The van der Waals surface area contributed by atoms with E-state index in [0.717, 1.165) is 102 Å². The van der Waals surface area contributed by atoms with Crippen molar-refractivity contribution >= 4 is 39.5 Å². The van der Waals surface area contributed by atoms with Crippen molar-refractivity contribution in [2.45, 2.75) is 394 Å². The molecule has 0 aliphatic heterocycles. The second-order valence-corrected chi connectivity index (χ2v) is 30.2. The fourth-order valence-corrected chi connectivity index (χ4v) is 12.7. The summed E-state index contributed by atoms with van der Waals surface area (Å²) in [4.78, 5) is 72.6. The largest absolute Gasteiger partial charge is 0.472 e. The fourth-order valence-electron chi connectivity index (χ4n) is 11.1. The summed E-state index contributed by atoms with van der Waals surface area (Å²) in [5.74, 6) is -0.572. The smallest absolute Gasteiger partial charge is 0.462 e. The molecule has 546 valence electrons. The molecular formula is C73H142O17P2. The van der Waals surface area contributed by atoms with Gasteiger partial charge in [-0.25, -0.2) is 9.13 Å². The van der Waals surface area contributed by atoms with Crippen molar-refractivity contribution in [3.05, 3.63) is 0 Å². The Morgan fingerprint density at radius 2 is 0.500 bits per heavy atom. The molecule has 0 aromatic rings. The van der Waals surface area contributed by atoms with E-state index in [1.807, 2.05) is 0 Å². The van der Waals surface area contributed by atoms with Crippen LogP contribution < -0.4 is 0 Å². The molecule has 92 heavy (non-hydrogen) atoms. The first kappa shape index (κ1) is 90.1. The van der Waals surface area contributed by atoms with Crippen LogP contribution in [0.1, 0.15) is 375 Å². The van der Waals surface area contributed by atoms with Crippen molar-refractivity contribution in [3.8, 4) is 0 Å². The summed E-state index contributed by atoms with van der Waals surface area (Å²) in [5.41, 5.74) is 0. The molecule has 0 aromatic carbocycles. The molecule has 0 aliphatic carbocycles. The van der Waals surface area contributed by atoms with E-state index in [-0.39, 0.29) is 25.7 Å². The van der Waals surface area contributed by atoms with E-state index >= 15 is 0 Å². The molecule has 2 unspecified atom stereocenters. The molecule has 0 rings (SSSR count). The van der Waals surface area contributed by atoms with Gasteiger partial charge in [-0.2, -0.15) is 0 Å². The summed E-state index contributed by atoms with van der Waals surface area (Å²) in [6.45, 7) is 9.58. The van der Waals surface area contributed by atoms with Gasteiger partial charge in [-0.1, -0.05) is 324 Å². The van der Waals surface area contributed by atoms with Crippen LogP contribution in [0, 0.1) is 11.8 Å². The first-order chi connectivity index (χ1) is 44.4. The number of hydrogen-bond acceptors (Lipinski definition) is 15. The minimum absolute atomic E-state index is 0.107. The molecule has 0 spiro atoms. The zero-order valence-corrected chi connectivity index (χ0v) is 61.6. The Morgan fingerprint density at radius 3 is 0.739 bits per heavy atom. The lowest BCUT2D eigenvalue weighted by Gasteiger charge is -2.21. The Balaban J connectivity index is 5.23. The van der Waals surface area contributed by atoms with Crippen LogP contribution in [0.2, 0.25) is 0 Å². The summed E-state index contributed by atoms with van der Waals surface area (Å²) in [6, 6.07) is 0. The van der Waals surface area contributed by atoms with Gasteiger partial charge in [-0.15, -0.1) is 0 Å². The van der Waals surface area contributed by atoms with Crippen molar-refractivity contribution < 1.29 is 80.2 Å². The van der Waals surface area contributed by atoms with Crippen LogP contribution in [0.25, 0.3) is 0 Å². The van der Waals surface area contributed by atoms with Crippen molar-refractivity contribution in [2.75, 3.05) is 39.6 Å². The first-order valence-electron chi connectivity index (χ1n) is 38.0. The first-order valence-corrected chi connectivity index (χ1v) is 41.0. The van der Waals surface area contributed by atoms with Gasteiger partial charge in [0, 0.05) is 25.7 Å². The van der Waals surface area contributed by atoms with E-state index in [0.29, 0.717) is 25.7 Å². The number of hydrogen-bond donors (Lipinski definition) is 3. The van der Waals surface area contributed by atoms with Crippen molar-refractivity contribution in [2.24, 2.45) is 11.8 Å².